The van der Waals surface area contributed by atoms with Crippen molar-refractivity contribution in [1.29, 1.82) is 0 Å². The minimum Gasteiger partial charge on any atom is -0.414 e. The van der Waals surface area contributed by atoms with Gasteiger partial charge in [-0.05, 0) is 158 Å². The number of alkyl halides is 2. The number of sulfone groups is 3. The number of halogens is 2. The Labute approximate surface area is 626 Å². The first kappa shape index (κ1) is 78.0. The number of nitrogens with two attached hydrogens (primary N) is 3. The maximum absolute atomic E-state index is 13.9. The van der Waals surface area contributed by atoms with Crippen LogP contribution in [0.15, 0.2) is 186 Å². The van der Waals surface area contributed by atoms with Crippen LogP contribution in [0.4, 0.5) is 26.2 Å². The quantitative estimate of drug-likeness (QED) is 0.0327. The number of hydrogen-bond acceptors (Lipinski definition) is 29. The number of nitrogens with zero attached hydrogens (tertiary/aromatic N) is 13. The Morgan fingerprint density at radius 2 is 0.824 bits per heavy atom. The molecule has 12 aromatic rings. The third kappa shape index (κ3) is 18.1. The van der Waals surface area contributed by atoms with Gasteiger partial charge in [-0.3, -0.25) is 0 Å². The number of nitrogen functional groups attached to an aromatic ring is 3. The molecule has 29 nitrogen and oxygen atoms in total. The third-order valence-electron chi connectivity index (χ3n) is 17.2. The molecule has 1 aliphatic heterocycles. The SMILES string of the molecule is CNCc1ccc(-c2nnc(-c3nc(-c4ccc(S(=O)(=O)C(C)C)cc4C(F)F)cnc3N)o2)cc1.CNCc1ccc(-c2nnc(-c3nc(-c4ccc(S(=O)(=O)C(C)CN(C)C)cc4)cnc3N)o2)cc1.CNCc1ccc(-c2nnc(-c3nc(-c4ccc(S(=O)(=O)C5CCOCC5)cc4)cnc3N)o2)cc1.[HH].[HH].[HH]. The van der Waals surface area contributed by atoms with Crippen molar-refractivity contribution in [2.45, 2.75) is 90.1 Å². The van der Waals surface area contributed by atoms with Gasteiger partial charge in [-0.1, -0.05) is 66.7 Å². The summed E-state index contributed by atoms with van der Waals surface area (Å²) in [6, 6.07) is 39.8. The van der Waals surface area contributed by atoms with E-state index < -0.39 is 57.3 Å². The van der Waals surface area contributed by atoms with Crippen LogP contribution in [0.3, 0.4) is 0 Å². The van der Waals surface area contributed by atoms with Crippen LogP contribution in [0.5, 0.6) is 0 Å². The highest BCUT2D eigenvalue weighted by Gasteiger charge is 2.31. The smallest absolute Gasteiger partial charge is 0.270 e. The lowest BCUT2D eigenvalue weighted by Crippen LogP contribution is -2.30. The van der Waals surface area contributed by atoms with Crippen molar-refractivity contribution in [3.8, 4) is 103 Å². The summed E-state index contributed by atoms with van der Waals surface area (Å²) in [5, 5.41) is 32.1. The summed E-state index contributed by atoms with van der Waals surface area (Å²) in [4.78, 5) is 28.2. The summed E-state index contributed by atoms with van der Waals surface area (Å²) in [5.41, 5.74) is 26.2. The zero-order valence-corrected chi connectivity index (χ0v) is 62.5. The predicted octanol–water partition coefficient (Wildman–Crippen LogP) is 11.0. The molecular formula is C74H85F2N19O10S3. The lowest BCUT2D eigenvalue weighted by atomic mass is 10.0. The van der Waals surface area contributed by atoms with Gasteiger partial charge in [0.15, 0.2) is 64.0 Å². The normalized spacial score (nSPS) is 13.1. The molecule has 9 N–H and O–H groups in total. The van der Waals surface area contributed by atoms with E-state index in [-0.39, 0.29) is 88.3 Å². The van der Waals surface area contributed by atoms with Crippen LogP contribution in [0, 0.1) is 0 Å². The van der Waals surface area contributed by atoms with E-state index in [4.69, 9.17) is 35.2 Å². The Morgan fingerprint density at radius 1 is 0.472 bits per heavy atom. The molecule has 34 heteroatoms. The number of hydrogen-bond donors (Lipinski definition) is 6. The third-order valence-corrected chi connectivity index (χ3v) is 23.8. The molecule has 0 amide bonds. The highest BCUT2D eigenvalue weighted by atomic mass is 32.2. The largest absolute Gasteiger partial charge is 0.414 e. The molecular weight excluding hydrogens is 1450 g/mol. The maximum Gasteiger partial charge on any atom is 0.270 e. The summed E-state index contributed by atoms with van der Waals surface area (Å²) in [5.74, 6) is 1.44. The summed E-state index contributed by atoms with van der Waals surface area (Å²) in [7, 11) is -1.30. The van der Waals surface area contributed by atoms with Crippen LogP contribution >= 0.6 is 0 Å². The molecule has 0 saturated carbocycles. The lowest BCUT2D eigenvalue weighted by molar-refractivity contribution is 0.0983. The molecule has 1 fully saturated rings. The fraction of sp³-hybridized carbons (Fsp3) is 0.270. The van der Waals surface area contributed by atoms with Gasteiger partial charge in [-0.25, -0.2) is 63.9 Å². The van der Waals surface area contributed by atoms with E-state index in [9.17, 15) is 34.0 Å². The topological polar surface area (TPSA) is 423 Å². The molecule has 1 unspecified atom stereocenters. The molecule has 1 saturated heterocycles. The predicted molar refractivity (Wildman–Crippen MR) is 410 cm³/mol. The number of benzene rings is 6. The van der Waals surface area contributed by atoms with E-state index in [1.807, 2.05) is 113 Å². The Balaban J connectivity index is 0.000000206. The molecule has 13 rings (SSSR count). The zero-order valence-electron chi connectivity index (χ0n) is 60.1. The Bertz CT molecular complexity index is 5460. The fourth-order valence-electron chi connectivity index (χ4n) is 11.3. The zero-order chi connectivity index (χ0) is 77.0. The summed E-state index contributed by atoms with van der Waals surface area (Å²) < 4.78 is 127. The highest BCUT2D eigenvalue weighted by Crippen LogP contribution is 2.37. The van der Waals surface area contributed by atoms with Gasteiger partial charge in [0.2, 0.25) is 17.7 Å². The Morgan fingerprint density at radius 3 is 1.19 bits per heavy atom. The first-order valence-electron chi connectivity index (χ1n) is 33.9. The van der Waals surface area contributed by atoms with Crippen LogP contribution in [0.2, 0.25) is 0 Å². The van der Waals surface area contributed by atoms with Gasteiger partial charge < -0.3 is 56.0 Å². The van der Waals surface area contributed by atoms with E-state index in [1.165, 1.54) is 44.6 Å². The Kier molecular flexibility index (Phi) is 24.7. The second-order valence-electron chi connectivity index (χ2n) is 25.6. The molecule has 6 aromatic carbocycles. The van der Waals surface area contributed by atoms with Gasteiger partial charge in [0.05, 0.1) is 66.1 Å². The Hall–Kier alpha value is -11.1. The number of ether oxygens (including phenoxy) is 1. The second kappa shape index (κ2) is 34.2. The van der Waals surface area contributed by atoms with Crippen LogP contribution in [0.25, 0.3) is 103 Å². The second-order valence-corrected chi connectivity index (χ2v) is 32.7. The van der Waals surface area contributed by atoms with Gasteiger partial charge in [0.1, 0.15) is 0 Å². The van der Waals surface area contributed by atoms with Crippen molar-refractivity contribution < 1.29 is 56.3 Å². The fourth-order valence-corrected chi connectivity index (χ4v) is 15.6. The average Bonchev–Trinajstić information content (AvgIpc) is 1.03. The molecule has 6 aromatic heterocycles. The van der Waals surface area contributed by atoms with E-state index >= 15 is 0 Å². The summed E-state index contributed by atoms with van der Waals surface area (Å²) in [6.45, 7) is 8.26. The maximum atomic E-state index is 13.9. The standard InChI is InChI=1S/C25H29N7O3S.C25H26N6O4S.C24H24F2N6O3S.3H2/c1-16(15-32(3)4)36(33,34)20-11-9-18(10-12-20)21-14-28-23(26)22(29-21)25-31-30-24(35-25)19-7-5-17(6-8-19)13-27-2;1-27-14-16-2-4-18(5-3-16)24-30-31-25(35-24)22-23(26)28-15-21(29-22)17-6-8-19(9-7-17)36(32,33)20-10-12-34-13-11-20;1-13(2)36(33,34)16-8-9-17(18(10-16)21(25)26)19-12-29-22(27)20(30-19)24-32-31-23(35-24)15-6-4-14(5-7-15)11-28-3;;;/h5-12,14,16,27H,13,15H2,1-4H3,(H2,26,28);2-9,15,20,27H,10-14H2,1H3,(H2,26,28);4-10,12-13,21,28H,11H2,1-3H3,(H2,27,29);3*1H. The summed E-state index contributed by atoms with van der Waals surface area (Å²) >= 11 is 0. The molecule has 0 radical (unpaired) electrons. The molecule has 0 spiro atoms. The molecule has 1 aliphatic rings. The van der Waals surface area contributed by atoms with Crippen LogP contribution in [0.1, 0.15) is 66.6 Å². The van der Waals surface area contributed by atoms with Crippen molar-refractivity contribution >= 4 is 47.0 Å². The minimum atomic E-state index is -3.75. The van der Waals surface area contributed by atoms with Crippen molar-refractivity contribution in [3.05, 3.63) is 180 Å². The van der Waals surface area contributed by atoms with E-state index in [1.54, 1.807) is 55.5 Å². The minimum absolute atomic E-state index is 0. The van der Waals surface area contributed by atoms with Crippen LogP contribution in [-0.4, -0.2) is 161 Å². The van der Waals surface area contributed by atoms with E-state index in [0.29, 0.717) is 79.0 Å². The van der Waals surface area contributed by atoms with Gasteiger partial charge in [-0.15, -0.1) is 30.6 Å². The first-order chi connectivity index (χ1) is 51.7. The number of aromatic nitrogens is 12. The van der Waals surface area contributed by atoms with E-state index in [2.05, 4.69) is 76.4 Å². The highest BCUT2D eigenvalue weighted by molar-refractivity contribution is 7.92. The van der Waals surface area contributed by atoms with E-state index in [0.717, 1.165) is 47.0 Å². The van der Waals surface area contributed by atoms with Crippen LogP contribution < -0.4 is 33.2 Å². The molecule has 568 valence electrons. The number of rotatable bonds is 24. The van der Waals surface area contributed by atoms with Crippen molar-refractivity contribution in [3.63, 3.8) is 0 Å². The lowest BCUT2D eigenvalue weighted by Gasteiger charge is -2.22. The van der Waals surface area contributed by atoms with Crippen molar-refractivity contribution in [2.75, 3.05) is 72.2 Å². The molecule has 0 bridgehead atoms. The van der Waals surface area contributed by atoms with Gasteiger partial charge in [0.25, 0.3) is 24.1 Å². The van der Waals surface area contributed by atoms with Crippen LogP contribution in [-0.2, 0) is 53.9 Å². The average molecular weight is 1530 g/mol. The first-order valence-corrected chi connectivity index (χ1v) is 38.6. The molecule has 7 heterocycles. The van der Waals surface area contributed by atoms with Gasteiger partial charge in [0, 0.05) is 82.6 Å². The number of nitrogens with one attached hydrogen (secondary N) is 3. The van der Waals surface area contributed by atoms with Crippen molar-refractivity contribution in [2.24, 2.45) is 0 Å². The van der Waals surface area contributed by atoms with Gasteiger partial charge >= 0.3 is 0 Å². The van der Waals surface area contributed by atoms with Crippen molar-refractivity contribution in [1.82, 2.24) is 81.3 Å². The van der Waals surface area contributed by atoms with Gasteiger partial charge in [-0.2, -0.15) is 0 Å². The monoisotopic (exact) mass is 1530 g/mol. The summed E-state index contributed by atoms with van der Waals surface area (Å²) in [6.07, 6.45) is 2.33. The molecule has 108 heavy (non-hydrogen) atoms. The number of anilines is 3. The molecule has 0 aliphatic carbocycles. The molecule has 1 atom stereocenters.